The van der Waals surface area contributed by atoms with Crippen molar-refractivity contribution in [1.29, 1.82) is 0 Å². The zero-order valence-corrected chi connectivity index (χ0v) is 10.7. The number of fused-ring (bicyclic) bond motifs is 1. The van der Waals surface area contributed by atoms with Gasteiger partial charge in [-0.3, -0.25) is 9.48 Å². The lowest BCUT2D eigenvalue weighted by molar-refractivity contribution is 0.0993. The molecule has 3 nitrogen and oxygen atoms in total. The van der Waals surface area contributed by atoms with Crippen LogP contribution in [0.5, 0.6) is 0 Å². The minimum Gasteiger partial charge on any atom is -0.294 e. The largest absolute Gasteiger partial charge is 0.294 e. The summed E-state index contributed by atoms with van der Waals surface area (Å²) < 4.78 is 1.65. The minimum atomic E-state index is 0.100. The van der Waals surface area contributed by atoms with E-state index in [0.29, 0.717) is 12.0 Å². The first-order valence-corrected chi connectivity index (χ1v) is 6.22. The van der Waals surface area contributed by atoms with Crippen molar-refractivity contribution in [3.05, 3.63) is 66.0 Å². The van der Waals surface area contributed by atoms with Gasteiger partial charge in [0.2, 0.25) is 0 Å². The van der Waals surface area contributed by atoms with E-state index >= 15 is 0 Å². The fourth-order valence-electron chi connectivity index (χ4n) is 2.20. The first-order valence-electron chi connectivity index (χ1n) is 6.22. The van der Waals surface area contributed by atoms with E-state index in [4.69, 9.17) is 0 Å². The molecule has 0 aliphatic carbocycles. The molecule has 0 fully saturated rings. The van der Waals surface area contributed by atoms with E-state index in [-0.39, 0.29) is 5.78 Å². The predicted octanol–water partition coefficient (Wildman–Crippen LogP) is 3.00. The Balaban J connectivity index is 1.87. The third kappa shape index (κ3) is 2.40. The fourth-order valence-corrected chi connectivity index (χ4v) is 2.20. The van der Waals surface area contributed by atoms with Gasteiger partial charge >= 0.3 is 0 Å². The first kappa shape index (κ1) is 11.7. The summed E-state index contributed by atoms with van der Waals surface area (Å²) in [5.41, 5.74) is 1.70. The maximum absolute atomic E-state index is 12.1. The molecule has 0 radical (unpaired) electrons. The molecular formula is C16H14N2O. The topological polar surface area (TPSA) is 34.9 Å². The number of nitrogens with zero attached hydrogens (tertiary/aromatic N) is 2. The van der Waals surface area contributed by atoms with E-state index in [2.05, 4.69) is 29.4 Å². The van der Waals surface area contributed by atoms with Crippen molar-refractivity contribution in [2.24, 2.45) is 7.05 Å². The number of carbonyl (C=O) groups excluding carboxylic acids is 1. The van der Waals surface area contributed by atoms with Crippen molar-refractivity contribution in [3.63, 3.8) is 0 Å². The summed E-state index contributed by atoms with van der Waals surface area (Å²) in [6.45, 7) is 0. The Morgan fingerprint density at radius 2 is 1.95 bits per heavy atom. The summed E-state index contributed by atoms with van der Waals surface area (Å²) in [7, 11) is 1.81. The molecule has 0 aliphatic rings. The summed E-state index contributed by atoms with van der Waals surface area (Å²) >= 11 is 0. The first-order chi connectivity index (χ1) is 9.22. The van der Waals surface area contributed by atoms with E-state index in [1.807, 2.05) is 25.2 Å². The van der Waals surface area contributed by atoms with Gasteiger partial charge in [-0.05, 0) is 16.3 Å². The van der Waals surface area contributed by atoms with Crippen molar-refractivity contribution >= 4 is 16.6 Å². The van der Waals surface area contributed by atoms with Crippen LogP contribution in [-0.2, 0) is 13.5 Å². The van der Waals surface area contributed by atoms with Crippen LogP contribution in [0.2, 0.25) is 0 Å². The molecule has 0 saturated heterocycles. The molecule has 0 amide bonds. The number of hydrogen-bond donors (Lipinski definition) is 0. The van der Waals surface area contributed by atoms with Crippen molar-refractivity contribution in [2.75, 3.05) is 0 Å². The Morgan fingerprint density at radius 3 is 2.68 bits per heavy atom. The molecule has 3 aromatic rings. The number of rotatable bonds is 3. The molecule has 0 aliphatic heterocycles. The molecule has 0 N–H and O–H groups in total. The lowest BCUT2D eigenvalue weighted by atomic mass is 10.0. The average Bonchev–Trinajstić information content (AvgIpc) is 2.85. The molecule has 0 unspecified atom stereocenters. The molecule has 3 heteroatoms. The maximum atomic E-state index is 12.1. The van der Waals surface area contributed by atoms with Crippen LogP contribution in [0.25, 0.3) is 10.8 Å². The lowest BCUT2D eigenvalue weighted by Gasteiger charge is -2.02. The summed E-state index contributed by atoms with van der Waals surface area (Å²) in [5, 5.41) is 6.39. The highest BCUT2D eigenvalue weighted by molar-refractivity contribution is 5.97. The zero-order chi connectivity index (χ0) is 13.2. The van der Waals surface area contributed by atoms with Crippen molar-refractivity contribution in [3.8, 4) is 0 Å². The Kier molecular flexibility index (Phi) is 2.88. The zero-order valence-electron chi connectivity index (χ0n) is 10.7. The lowest BCUT2D eigenvalue weighted by Crippen LogP contribution is -2.02. The van der Waals surface area contributed by atoms with Gasteiger partial charge in [-0.15, -0.1) is 0 Å². The van der Waals surface area contributed by atoms with E-state index in [1.54, 1.807) is 17.1 Å². The van der Waals surface area contributed by atoms with Gasteiger partial charge in [0.1, 0.15) is 0 Å². The monoisotopic (exact) mass is 250 g/mol. The molecule has 94 valence electrons. The van der Waals surface area contributed by atoms with Gasteiger partial charge in [-0.2, -0.15) is 5.10 Å². The SMILES string of the molecule is Cn1cc(C(=O)Cc2ccc3ccccc3c2)cn1. The Morgan fingerprint density at radius 1 is 1.16 bits per heavy atom. The number of Topliss-reactive ketones (excluding diaryl/α,β-unsaturated/α-hetero) is 1. The van der Waals surface area contributed by atoms with Crippen LogP contribution in [0.1, 0.15) is 15.9 Å². The van der Waals surface area contributed by atoms with Crippen LogP contribution in [0.4, 0.5) is 0 Å². The number of carbonyl (C=O) groups is 1. The molecule has 0 saturated carbocycles. The Hall–Kier alpha value is -2.42. The quantitative estimate of drug-likeness (QED) is 0.670. The molecule has 0 bridgehead atoms. The van der Waals surface area contributed by atoms with E-state index in [1.165, 1.54) is 10.8 Å². The fraction of sp³-hybridized carbons (Fsp3) is 0.125. The van der Waals surface area contributed by atoms with Gasteiger partial charge in [-0.25, -0.2) is 0 Å². The van der Waals surface area contributed by atoms with Gasteiger partial charge in [0.25, 0.3) is 0 Å². The van der Waals surface area contributed by atoms with Crippen molar-refractivity contribution in [1.82, 2.24) is 9.78 Å². The number of hydrogen-bond acceptors (Lipinski definition) is 2. The highest BCUT2D eigenvalue weighted by atomic mass is 16.1. The van der Waals surface area contributed by atoms with E-state index in [0.717, 1.165) is 5.56 Å². The molecule has 1 aromatic heterocycles. The summed E-state index contributed by atoms with van der Waals surface area (Å²) in [6.07, 6.45) is 3.78. The van der Waals surface area contributed by atoms with Crippen LogP contribution < -0.4 is 0 Å². The van der Waals surface area contributed by atoms with Gasteiger partial charge in [0.15, 0.2) is 5.78 Å². The number of aryl methyl sites for hydroxylation is 1. The molecule has 3 rings (SSSR count). The van der Waals surface area contributed by atoms with Gasteiger partial charge in [0, 0.05) is 19.7 Å². The predicted molar refractivity (Wildman–Crippen MR) is 75.2 cm³/mol. The van der Waals surface area contributed by atoms with Crippen molar-refractivity contribution < 1.29 is 4.79 Å². The van der Waals surface area contributed by atoms with Crippen LogP contribution in [0.15, 0.2) is 54.9 Å². The number of benzene rings is 2. The van der Waals surface area contributed by atoms with Gasteiger partial charge in [0.05, 0.1) is 11.8 Å². The molecule has 0 atom stereocenters. The highest BCUT2D eigenvalue weighted by Gasteiger charge is 2.09. The van der Waals surface area contributed by atoms with Crippen molar-refractivity contribution in [2.45, 2.75) is 6.42 Å². The molecule has 0 spiro atoms. The third-order valence-electron chi connectivity index (χ3n) is 3.21. The smallest absolute Gasteiger partial charge is 0.170 e. The molecular weight excluding hydrogens is 236 g/mol. The summed E-state index contributed by atoms with van der Waals surface area (Å²) in [4.78, 5) is 12.1. The summed E-state index contributed by atoms with van der Waals surface area (Å²) in [6, 6.07) is 14.3. The van der Waals surface area contributed by atoms with E-state index in [9.17, 15) is 4.79 Å². The summed E-state index contributed by atoms with van der Waals surface area (Å²) in [5.74, 6) is 0.100. The molecule has 2 aromatic carbocycles. The normalized spacial score (nSPS) is 10.8. The second-order valence-electron chi connectivity index (χ2n) is 4.68. The maximum Gasteiger partial charge on any atom is 0.170 e. The highest BCUT2D eigenvalue weighted by Crippen LogP contribution is 2.17. The molecule has 1 heterocycles. The number of ketones is 1. The molecule has 19 heavy (non-hydrogen) atoms. The number of aromatic nitrogens is 2. The van der Waals surface area contributed by atoms with Crippen LogP contribution in [-0.4, -0.2) is 15.6 Å². The van der Waals surface area contributed by atoms with Gasteiger partial charge in [-0.1, -0.05) is 42.5 Å². The van der Waals surface area contributed by atoms with Crippen LogP contribution >= 0.6 is 0 Å². The minimum absolute atomic E-state index is 0.100. The van der Waals surface area contributed by atoms with E-state index < -0.39 is 0 Å². The average molecular weight is 250 g/mol. The van der Waals surface area contributed by atoms with Gasteiger partial charge < -0.3 is 0 Å². The second kappa shape index (κ2) is 4.69. The third-order valence-corrected chi connectivity index (χ3v) is 3.21. The Labute approximate surface area is 111 Å². The standard InChI is InChI=1S/C16H14N2O/c1-18-11-15(10-17-18)16(19)9-12-6-7-13-4-2-3-5-14(13)8-12/h2-8,10-11H,9H2,1H3. The van der Waals surface area contributed by atoms with Crippen LogP contribution in [0, 0.1) is 0 Å². The second-order valence-corrected chi connectivity index (χ2v) is 4.68. The Bertz CT molecular complexity index is 743. The van der Waals surface area contributed by atoms with Crippen LogP contribution in [0.3, 0.4) is 0 Å².